The molecule has 2 rings (SSSR count). The first kappa shape index (κ1) is 20.9. The second-order valence-electron chi connectivity index (χ2n) is 5.98. The number of anilines is 1. The maximum absolute atomic E-state index is 12.3. The van der Waals surface area contributed by atoms with Crippen LogP contribution in [0.15, 0.2) is 24.3 Å². The average Bonchev–Trinajstić information content (AvgIpc) is 2.90. The van der Waals surface area contributed by atoms with Gasteiger partial charge in [-0.15, -0.1) is 0 Å². The number of hydrogen-bond donors (Lipinski definition) is 1. The van der Waals surface area contributed by atoms with Crippen molar-refractivity contribution in [2.24, 2.45) is 0 Å². The largest absolute Gasteiger partial charge is 0.492 e. The molecule has 0 unspecified atom stereocenters. The molecule has 0 spiro atoms. The second kappa shape index (κ2) is 8.98. The number of nitro groups is 1. The molecular weight excluding hydrogens is 368 g/mol. The van der Waals surface area contributed by atoms with E-state index in [1.165, 1.54) is 25.5 Å². The predicted molar refractivity (Wildman–Crippen MR) is 100 cm³/mol. The molecule has 1 atom stereocenters. The van der Waals surface area contributed by atoms with Crippen LogP contribution in [0.4, 0.5) is 11.4 Å². The Bertz CT molecular complexity index is 892. The highest BCUT2D eigenvalue weighted by atomic mass is 16.6. The minimum atomic E-state index is -1.07. The number of para-hydroxylation sites is 2. The average molecular weight is 390 g/mol. The normalized spacial score (nSPS) is 11.6. The molecule has 0 saturated heterocycles. The Balaban J connectivity index is 2.00. The Labute approximate surface area is 161 Å². The molecule has 10 heteroatoms. The highest BCUT2D eigenvalue weighted by Crippen LogP contribution is 2.24. The van der Waals surface area contributed by atoms with Gasteiger partial charge in [0.25, 0.3) is 5.91 Å². The van der Waals surface area contributed by atoms with Gasteiger partial charge in [0, 0.05) is 0 Å². The van der Waals surface area contributed by atoms with Gasteiger partial charge in [0.1, 0.15) is 23.7 Å². The molecule has 1 amide bonds. The fourth-order valence-corrected chi connectivity index (χ4v) is 2.60. The van der Waals surface area contributed by atoms with Crippen molar-refractivity contribution in [3.8, 4) is 5.75 Å². The quantitative estimate of drug-likeness (QED) is 0.416. The zero-order chi connectivity index (χ0) is 20.8. The van der Waals surface area contributed by atoms with Crippen molar-refractivity contribution in [3.05, 3.63) is 45.8 Å². The minimum Gasteiger partial charge on any atom is -0.492 e. The van der Waals surface area contributed by atoms with Crippen molar-refractivity contribution >= 4 is 23.3 Å². The highest BCUT2D eigenvalue weighted by molar-refractivity contribution is 5.96. The number of carbonyl (C=O) groups is 2. The van der Waals surface area contributed by atoms with Crippen LogP contribution in [0.1, 0.15) is 25.2 Å². The van der Waals surface area contributed by atoms with Gasteiger partial charge in [-0.3, -0.25) is 24.4 Å². The molecule has 0 aliphatic rings. The molecule has 0 aliphatic carbocycles. The summed E-state index contributed by atoms with van der Waals surface area (Å²) in [6.07, 6.45) is -1.07. The molecular formula is C18H22N4O6. The van der Waals surface area contributed by atoms with E-state index in [1.807, 2.05) is 6.92 Å². The zero-order valence-electron chi connectivity index (χ0n) is 16.1. The van der Waals surface area contributed by atoms with Crippen molar-refractivity contribution in [1.82, 2.24) is 9.78 Å². The fourth-order valence-electron chi connectivity index (χ4n) is 2.60. The zero-order valence-corrected chi connectivity index (χ0v) is 16.1. The molecule has 2 aromatic rings. The summed E-state index contributed by atoms with van der Waals surface area (Å²) in [6, 6.07) is 6.90. The monoisotopic (exact) mass is 390 g/mol. The molecule has 1 N–H and O–H groups in total. The van der Waals surface area contributed by atoms with Crippen LogP contribution in [0, 0.1) is 24.0 Å². The van der Waals surface area contributed by atoms with Crippen LogP contribution in [0.3, 0.4) is 0 Å². The van der Waals surface area contributed by atoms with Crippen LogP contribution < -0.4 is 10.1 Å². The van der Waals surface area contributed by atoms with Crippen molar-refractivity contribution < 1.29 is 24.0 Å². The van der Waals surface area contributed by atoms with E-state index in [1.54, 1.807) is 24.3 Å². The number of aromatic nitrogens is 2. The number of amides is 1. The smallest absolute Gasteiger partial charge is 0.328 e. The van der Waals surface area contributed by atoms with E-state index in [0.717, 1.165) is 0 Å². The lowest BCUT2D eigenvalue weighted by Crippen LogP contribution is -2.31. The number of rotatable bonds is 8. The lowest BCUT2D eigenvalue weighted by atomic mass is 10.2. The number of nitrogens with zero attached hydrogens (tertiary/aromatic N) is 3. The standard InChI is InChI=1S/C18H22N4O6/c1-5-27-15-9-7-6-8-14(15)19-18(24)13(4)28-16(23)10-21-12(3)17(22(25)26)11(2)20-21/h6-9,13H,5,10H2,1-4H3,(H,19,24)/t13-/m1/s1. The molecule has 1 aromatic heterocycles. The van der Waals surface area contributed by atoms with Crippen LogP contribution in [-0.2, 0) is 20.9 Å². The first-order valence-corrected chi connectivity index (χ1v) is 8.65. The van der Waals surface area contributed by atoms with E-state index < -0.39 is 22.9 Å². The first-order chi connectivity index (χ1) is 13.2. The molecule has 10 nitrogen and oxygen atoms in total. The van der Waals surface area contributed by atoms with Crippen LogP contribution in [0.25, 0.3) is 0 Å². The third-order valence-corrected chi connectivity index (χ3v) is 3.93. The van der Waals surface area contributed by atoms with Crippen LogP contribution in [-0.4, -0.2) is 39.3 Å². The third kappa shape index (κ3) is 4.84. The summed E-state index contributed by atoms with van der Waals surface area (Å²) in [5.74, 6) is -0.757. The van der Waals surface area contributed by atoms with E-state index in [2.05, 4.69) is 10.4 Å². The Morgan fingerprint density at radius 1 is 1.32 bits per heavy atom. The van der Waals surface area contributed by atoms with Gasteiger partial charge in [-0.1, -0.05) is 12.1 Å². The van der Waals surface area contributed by atoms with Gasteiger partial charge in [-0.25, -0.2) is 0 Å². The predicted octanol–water partition coefficient (Wildman–Crippen LogP) is 2.38. The molecule has 0 fully saturated rings. The molecule has 1 aromatic carbocycles. The van der Waals surface area contributed by atoms with Crippen LogP contribution in [0.5, 0.6) is 5.75 Å². The van der Waals surface area contributed by atoms with E-state index in [0.29, 0.717) is 18.0 Å². The van der Waals surface area contributed by atoms with E-state index in [4.69, 9.17) is 9.47 Å². The van der Waals surface area contributed by atoms with E-state index in [9.17, 15) is 19.7 Å². The van der Waals surface area contributed by atoms with E-state index in [-0.39, 0.29) is 23.6 Å². The summed E-state index contributed by atoms with van der Waals surface area (Å²) in [7, 11) is 0. The van der Waals surface area contributed by atoms with Crippen LogP contribution in [0.2, 0.25) is 0 Å². The van der Waals surface area contributed by atoms with Crippen molar-refractivity contribution in [2.45, 2.75) is 40.3 Å². The number of carbonyl (C=O) groups excluding carboxylic acids is 2. The summed E-state index contributed by atoms with van der Waals surface area (Å²) in [5, 5.41) is 17.7. The number of aryl methyl sites for hydroxylation is 1. The van der Waals surface area contributed by atoms with Crippen molar-refractivity contribution in [2.75, 3.05) is 11.9 Å². The number of hydrogen-bond acceptors (Lipinski definition) is 7. The van der Waals surface area contributed by atoms with Crippen molar-refractivity contribution in [1.29, 1.82) is 0 Å². The Kier molecular flexibility index (Phi) is 6.69. The fraction of sp³-hybridized carbons (Fsp3) is 0.389. The van der Waals surface area contributed by atoms with Gasteiger partial charge in [-0.2, -0.15) is 5.10 Å². The van der Waals surface area contributed by atoms with Crippen LogP contribution >= 0.6 is 0 Å². The lowest BCUT2D eigenvalue weighted by molar-refractivity contribution is -0.386. The van der Waals surface area contributed by atoms with E-state index >= 15 is 0 Å². The maximum atomic E-state index is 12.3. The van der Waals surface area contributed by atoms with Gasteiger partial charge in [-0.05, 0) is 39.8 Å². The molecule has 0 aliphatic heterocycles. The SMILES string of the molecule is CCOc1ccccc1NC(=O)[C@@H](C)OC(=O)Cn1nc(C)c([N+](=O)[O-])c1C. The Hall–Kier alpha value is -3.43. The first-order valence-electron chi connectivity index (χ1n) is 8.65. The van der Waals surface area contributed by atoms with Crippen molar-refractivity contribution in [3.63, 3.8) is 0 Å². The van der Waals surface area contributed by atoms with Gasteiger partial charge in [0.05, 0.1) is 17.2 Å². The molecule has 0 bridgehead atoms. The molecule has 0 radical (unpaired) electrons. The highest BCUT2D eigenvalue weighted by Gasteiger charge is 2.25. The topological polar surface area (TPSA) is 126 Å². The van der Waals surface area contributed by atoms with Gasteiger partial charge in [0.2, 0.25) is 0 Å². The summed E-state index contributed by atoms with van der Waals surface area (Å²) in [6.45, 7) is 6.33. The Morgan fingerprint density at radius 2 is 2.00 bits per heavy atom. The Morgan fingerprint density at radius 3 is 2.61 bits per heavy atom. The summed E-state index contributed by atoms with van der Waals surface area (Å²) >= 11 is 0. The molecule has 28 heavy (non-hydrogen) atoms. The molecule has 0 saturated carbocycles. The summed E-state index contributed by atoms with van der Waals surface area (Å²) in [4.78, 5) is 34.9. The van der Waals surface area contributed by atoms with Gasteiger partial charge < -0.3 is 14.8 Å². The van der Waals surface area contributed by atoms with Gasteiger partial charge >= 0.3 is 11.7 Å². The van der Waals surface area contributed by atoms with Gasteiger partial charge in [0.15, 0.2) is 6.10 Å². The summed E-state index contributed by atoms with van der Waals surface area (Å²) in [5.41, 5.74) is 0.758. The minimum absolute atomic E-state index is 0.147. The number of nitrogens with one attached hydrogen (secondary N) is 1. The number of ether oxygens (including phenoxy) is 2. The lowest BCUT2D eigenvalue weighted by Gasteiger charge is -2.15. The third-order valence-electron chi connectivity index (χ3n) is 3.93. The molecule has 150 valence electrons. The maximum Gasteiger partial charge on any atom is 0.328 e. The second-order valence-corrected chi connectivity index (χ2v) is 5.98. The summed E-state index contributed by atoms with van der Waals surface area (Å²) < 4.78 is 11.8. The molecule has 1 heterocycles. The number of esters is 1. The number of benzene rings is 1.